The number of methoxy groups -OCH3 is 1. The number of carbonyl (C=O) groups is 2. The van der Waals surface area contributed by atoms with Crippen LogP contribution in [-0.4, -0.2) is 88.8 Å². The van der Waals surface area contributed by atoms with Crippen LogP contribution in [-0.2, 0) is 20.8 Å². The van der Waals surface area contributed by atoms with Crippen molar-refractivity contribution in [2.24, 2.45) is 11.3 Å². The summed E-state index contributed by atoms with van der Waals surface area (Å²) in [5, 5.41) is 1.04. The molecule has 1 unspecified atom stereocenters. The minimum Gasteiger partial charge on any atom is -0.469 e. The van der Waals surface area contributed by atoms with E-state index in [2.05, 4.69) is 19.8 Å². The predicted octanol–water partition coefficient (Wildman–Crippen LogP) is 7.25. The molecule has 3 saturated heterocycles. The average molecular weight is 712 g/mol. The summed E-state index contributed by atoms with van der Waals surface area (Å²) in [6.07, 6.45) is 7.32. The van der Waals surface area contributed by atoms with Crippen LogP contribution in [0.3, 0.4) is 0 Å². The number of likely N-dealkylation sites (tertiary alicyclic amines) is 2. The van der Waals surface area contributed by atoms with Crippen LogP contribution in [0.25, 0.3) is 11.3 Å². The van der Waals surface area contributed by atoms with Gasteiger partial charge in [0.15, 0.2) is 5.75 Å². The largest absolute Gasteiger partial charge is 0.469 e. The van der Waals surface area contributed by atoms with Crippen molar-refractivity contribution in [3.63, 3.8) is 0 Å². The molecule has 1 atom stereocenters. The third kappa shape index (κ3) is 9.12. The highest BCUT2D eigenvalue weighted by Gasteiger charge is 2.46. The topological polar surface area (TPSA) is 110 Å². The Morgan fingerprint density at radius 2 is 1.63 bits per heavy atom. The molecule has 3 aliphatic heterocycles. The summed E-state index contributed by atoms with van der Waals surface area (Å²) in [7, 11) is 1.44. The fraction of sp³-hybridized carbons (Fsp3) is 0.528. The van der Waals surface area contributed by atoms with E-state index in [1.165, 1.54) is 7.11 Å². The number of amides is 1. The van der Waals surface area contributed by atoms with E-state index in [0.717, 1.165) is 63.0 Å². The first kappa shape index (κ1) is 35.2. The molecule has 3 aromatic rings. The monoisotopic (exact) mass is 710 g/mol. The lowest BCUT2D eigenvalue weighted by Crippen LogP contribution is -2.37. The molecule has 3 aliphatic rings. The van der Waals surface area contributed by atoms with E-state index >= 15 is 0 Å². The maximum atomic E-state index is 12.7. The molecule has 0 aliphatic carbocycles. The number of piperidine rings is 1. The van der Waals surface area contributed by atoms with Gasteiger partial charge in [-0.15, -0.1) is 0 Å². The number of ether oxygens (including phenoxy) is 3. The highest BCUT2D eigenvalue weighted by Crippen LogP contribution is 2.41. The van der Waals surface area contributed by atoms with E-state index in [4.69, 9.17) is 42.4 Å². The summed E-state index contributed by atoms with van der Waals surface area (Å²) >= 11 is 12.7. The number of hydrogen-bond acceptors (Lipinski definition) is 10. The number of carbonyl (C=O) groups excluding carboxylic acids is 2. The second kappa shape index (κ2) is 14.7. The number of hydrogen-bond donors (Lipinski definition) is 0. The first-order valence-electron chi connectivity index (χ1n) is 16.8. The quantitative estimate of drug-likeness (QED) is 0.222. The van der Waals surface area contributed by atoms with Crippen LogP contribution in [0.1, 0.15) is 58.4 Å². The summed E-state index contributed by atoms with van der Waals surface area (Å²) < 4.78 is 16.7. The van der Waals surface area contributed by atoms with Gasteiger partial charge in [-0.05, 0) is 95.3 Å². The number of anilines is 1. The number of benzene rings is 1. The summed E-state index contributed by atoms with van der Waals surface area (Å²) in [5.74, 6) is 1.70. The number of nitrogens with zero attached hydrogens (tertiary/aromatic N) is 6. The van der Waals surface area contributed by atoms with Gasteiger partial charge in [0.2, 0.25) is 11.8 Å². The van der Waals surface area contributed by atoms with E-state index in [1.807, 2.05) is 49.9 Å². The third-order valence-electron chi connectivity index (χ3n) is 9.46. The van der Waals surface area contributed by atoms with E-state index in [9.17, 15) is 9.59 Å². The molecule has 1 spiro atoms. The van der Waals surface area contributed by atoms with Crippen molar-refractivity contribution in [1.82, 2.24) is 24.8 Å². The smallest absolute Gasteiger partial charge is 0.410 e. The van der Waals surface area contributed by atoms with Crippen molar-refractivity contribution in [2.45, 2.75) is 65.0 Å². The third-order valence-corrected chi connectivity index (χ3v) is 9.90. The minimum absolute atomic E-state index is 0.00996. The van der Waals surface area contributed by atoms with Crippen molar-refractivity contribution >= 4 is 41.2 Å². The SMILES string of the molecule is COC(=O)CC1CCN(Cc2cc(Oc3cnc(N4CCC5(CCN(C(=O)OC(C)(C)C)C5)C4)nc3)nc(-c3cc(Cl)cc(Cl)c3)c2)CC1. The van der Waals surface area contributed by atoms with Crippen molar-refractivity contribution in [2.75, 3.05) is 51.3 Å². The molecular weight excluding hydrogens is 667 g/mol. The van der Waals surface area contributed by atoms with Crippen LogP contribution in [0, 0.1) is 11.3 Å². The Labute approximate surface area is 297 Å². The zero-order valence-corrected chi connectivity index (χ0v) is 30.1. The van der Waals surface area contributed by atoms with Crippen LogP contribution >= 0.6 is 23.2 Å². The molecule has 0 saturated carbocycles. The molecule has 6 rings (SSSR count). The van der Waals surface area contributed by atoms with Crippen LogP contribution in [0.4, 0.5) is 10.7 Å². The van der Waals surface area contributed by atoms with Gasteiger partial charge in [-0.25, -0.2) is 19.7 Å². The zero-order valence-electron chi connectivity index (χ0n) is 28.6. The second-order valence-electron chi connectivity index (χ2n) is 14.5. The summed E-state index contributed by atoms with van der Waals surface area (Å²) in [5.41, 5.74) is 2.00. The first-order chi connectivity index (χ1) is 23.3. The Hall–Kier alpha value is -3.67. The van der Waals surface area contributed by atoms with Crippen LogP contribution in [0.2, 0.25) is 10.0 Å². The van der Waals surface area contributed by atoms with Gasteiger partial charge >= 0.3 is 12.1 Å². The molecule has 13 heteroatoms. The number of esters is 1. The first-order valence-corrected chi connectivity index (χ1v) is 17.6. The molecule has 0 N–H and O–H groups in total. The average Bonchev–Trinajstić information content (AvgIpc) is 3.67. The highest BCUT2D eigenvalue weighted by atomic mass is 35.5. The molecule has 11 nitrogen and oxygen atoms in total. The molecule has 2 aromatic heterocycles. The Bertz CT molecular complexity index is 1640. The Balaban J connectivity index is 1.13. The lowest BCUT2D eigenvalue weighted by Gasteiger charge is -2.31. The zero-order chi connectivity index (χ0) is 34.8. The molecule has 5 heterocycles. The van der Waals surface area contributed by atoms with E-state index in [0.29, 0.717) is 65.3 Å². The summed E-state index contributed by atoms with van der Waals surface area (Å²) in [4.78, 5) is 44.9. The Kier molecular flexibility index (Phi) is 10.5. The standard InChI is InChI=1S/C36H44Cl2N6O5/c1-35(2,3)49-34(46)44-12-8-36(23-44)7-11-43(22-36)33-39-19-29(20-40-33)48-31-14-25(13-30(41-31)26-16-27(37)18-28(38)17-26)21-42-9-5-24(6-10-42)15-32(45)47-4/h13-14,16-20,24H,5-12,15,21-23H2,1-4H3. The Morgan fingerprint density at radius 3 is 2.31 bits per heavy atom. The lowest BCUT2D eigenvalue weighted by atomic mass is 9.86. The van der Waals surface area contributed by atoms with Gasteiger partial charge in [0.05, 0.1) is 25.2 Å². The van der Waals surface area contributed by atoms with Gasteiger partial charge in [0.25, 0.3) is 0 Å². The fourth-order valence-electron chi connectivity index (χ4n) is 6.98. The number of pyridine rings is 1. The number of aromatic nitrogens is 3. The van der Waals surface area contributed by atoms with Crippen LogP contribution in [0.15, 0.2) is 42.7 Å². The lowest BCUT2D eigenvalue weighted by molar-refractivity contribution is -0.142. The van der Waals surface area contributed by atoms with Gasteiger partial charge in [-0.1, -0.05) is 23.2 Å². The number of rotatable bonds is 8. The molecule has 3 fully saturated rings. The minimum atomic E-state index is -0.515. The van der Waals surface area contributed by atoms with Gasteiger partial charge in [0, 0.05) is 66.2 Å². The van der Waals surface area contributed by atoms with Crippen molar-refractivity contribution in [3.8, 4) is 22.9 Å². The molecule has 262 valence electrons. The van der Waals surface area contributed by atoms with Crippen molar-refractivity contribution < 1.29 is 23.8 Å². The maximum absolute atomic E-state index is 12.7. The molecule has 0 bridgehead atoms. The molecular formula is C36H44Cl2N6O5. The van der Waals surface area contributed by atoms with E-state index < -0.39 is 5.60 Å². The molecule has 1 amide bonds. The maximum Gasteiger partial charge on any atom is 0.410 e. The Morgan fingerprint density at radius 1 is 0.939 bits per heavy atom. The van der Waals surface area contributed by atoms with Crippen molar-refractivity contribution in [1.29, 1.82) is 0 Å². The van der Waals surface area contributed by atoms with Gasteiger partial charge in [-0.2, -0.15) is 0 Å². The van der Waals surface area contributed by atoms with Gasteiger partial charge in [0.1, 0.15) is 5.60 Å². The predicted molar refractivity (Wildman–Crippen MR) is 188 cm³/mol. The molecule has 1 aromatic carbocycles. The molecule has 0 radical (unpaired) electrons. The van der Waals surface area contributed by atoms with Gasteiger partial charge in [-0.3, -0.25) is 9.69 Å². The normalized spacial score (nSPS) is 20.2. The number of halogens is 2. The fourth-order valence-corrected chi connectivity index (χ4v) is 7.51. The summed E-state index contributed by atoms with van der Waals surface area (Å²) in [6, 6.07) is 9.33. The second-order valence-corrected chi connectivity index (χ2v) is 15.4. The molecule has 49 heavy (non-hydrogen) atoms. The van der Waals surface area contributed by atoms with Crippen molar-refractivity contribution in [3.05, 3.63) is 58.3 Å². The van der Waals surface area contributed by atoms with E-state index in [1.54, 1.807) is 18.5 Å². The van der Waals surface area contributed by atoms with Crippen LogP contribution < -0.4 is 9.64 Å². The summed E-state index contributed by atoms with van der Waals surface area (Å²) in [6.45, 7) is 11.1. The van der Waals surface area contributed by atoms with E-state index in [-0.39, 0.29) is 17.5 Å². The van der Waals surface area contributed by atoms with Gasteiger partial charge < -0.3 is 24.0 Å². The van der Waals surface area contributed by atoms with Crippen LogP contribution in [0.5, 0.6) is 11.6 Å². The highest BCUT2D eigenvalue weighted by molar-refractivity contribution is 6.35.